The van der Waals surface area contributed by atoms with Crippen molar-refractivity contribution in [3.63, 3.8) is 0 Å². The molecule has 0 saturated carbocycles. The molecule has 1 aromatic rings. The van der Waals surface area contributed by atoms with Crippen LogP contribution < -0.4 is 10.2 Å². The molecule has 100 valence electrons. The average molecular weight is 264 g/mol. The van der Waals surface area contributed by atoms with Gasteiger partial charge in [-0.05, 0) is 18.6 Å². The van der Waals surface area contributed by atoms with E-state index in [9.17, 15) is 14.4 Å². The molecule has 0 bridgehead atoms. The van der Waals surface area contributed by atoms with Crippen LogP contribution in [0.1, 0.15) is 23.8 Å². The first kappa shape index (κ1) is 12.9. The smallest absolute Gasteiger partial charge is 0.356 e. The van der Waals surface area contributed by atoms with Gasteiger partial charge in [0.05, 0.1) is 6.54 Å². The van der Waals surface area contributed by atoms with Crippen molar-refractivity contribution in [3.8, 4) is 0 Å². The molecule has 2 amide bonds. The number of nitrogens with one attached hydrogen (secondary N) is 1. The van der Waals surface area contributed by atoms with Gasteiger partial charge in [-0.15, -0.1) is 10.2 Å². The summed E-state index contributed by atoms with van der Waals surface area (Å²) in [5.74, 6) is -1.68. The molecule has 1 aliphatic rings. The van der Waals surface area contributed by atoms with Crippen molar-refractivity contribution in [1.29, 1.82) is 0 Å². The first-order valence-corrected chi connectivity index (χ1v) is 5.70. The van der Waals surface area contributed by atoms with Gasteiger partial charge in [-0.1, -0.05) is 6.92 Å². The molecule has 8 nitrogen and oxygen atoms in total. The van der Waals surface area contributed by atoms with Gasteiger partial charge in [-0.3, -0.25) is 14.9 Å². The first-order chi connectivity index (χ1) is 9.02. The van der Waals surface area contributed by atoms with Crippen molar-refractivity contribution in [2.24, 2.45) is 0 Å². The number of anilines is 1. The second-order valence-corrected chi connectivity index (χ2v) is 4.05. The van der Waals surface area contributed by atoms with Crippen LogP contribution in [-0.4, -0.2) is 45.7 Å². The monoisotopic (exact) mass is 264 g/mol. The molecule has 0 spiro atoms. The molecule has 1 fully saturated rings. The first-order valence-electron chi connectivity index (χ1n) is 5.70. The number of aromatic nitrogens is 2. The molecule has 0 radical (unpaired) electrons. The SMILES string of the molecule is CCC1C(=O)NC(=O)CN1c1ccc(C(=O)O)nn1. The quantitative estimate of drug-likeness (QED) is 0.702. The van der Waals surface area contributed by atoms with Gasteiger partial charge in [0.25, 0.3) is 0 Å². The fourth-order valence-electron chi connectivity index (χ4n) is 1.91. The highest BCUT2D eigenvalue weighted by Crippen LogP contribution is 2.17. The van der Waals surface area contributed by atoms with E-state index in [-0.39, 0.29) is 18.1 Å². The van der Waals surface area contributed by atoms with Gasteiger partial charge in [0.1, 0.15) is 6.04 Å². The number of piperazine rings is 1. The number of carboxylic acids is 1. The number of nitrogens with zero attached hydrogens (tertiary/aromatic N) is 3. The molecule has 19 heavy (non-hydrogen) atoms. The number of carbonyl (C=O) groups excluding carboxylic acids is 2. The lowest BCUT2D eigenvalue weighted by atomic mass is 10.1. The Bertz CT molecular complexity index is 528. The predicted octanol–water partition coefficient (Wildman–Crippen LogP) is -0.584. The molecule has 1 saturated heterocycles. The Morgan fingerprint density at radius 3 is 2.74 bits per heavy atom. The Labute approximate surface area is 108 Å². The van der Waals surface area contributed by atoms with Crippen molar-refractivity contribution in [1.82, 2.24) is 15.5 Å². The fraction of sp³-hybridized carbons (Fsp3) is 0.364. The van der Waals surface area contributed by atoms with E-state index in [0.29, 0.717) is 12.2 Å². The average Bonchev–Trinajstić information content (AvgIpc) is 2.38. The van der Waals surface area contributed by atoms with Crippen LogP contribution >= 0.6 is 0 Å². The lowest BCUT2D eigenvalue weighted by Gasteiger charge is -2.33. The summed E-state index contributed by atoms with van der Waals surface area (Å²) in [6.07, 6.45) is 0.501. The number of hydrogen-bond donors (Lipinski definition) is 2. The van der Waals surface area contributed by atoms with Gasteiger partial charge in [0.15, 0.2) is 11.5 Å². The number of amides is 2. The number of carboxylic acid groups (broad SMARTS) is 1. The van der Waals surface area contributed by atoms with Crippen LogP contribution in [-0.2, 0) is 9.59 Å². The minimum absolute atomic E-state index is 0.00859. The highest BCUT2D eigenvalue weighted by Gasteiger charge is 2.33. The maximum atomic E-state index is 11.7. The molecule has 2 heterocycles. The molecule has 1 unspecified atom stereocenters. The van der Waals surface area contributed by atoms with Crippen molar-refractivity contribution in [2.75, 3.05) is 11.4 Å². The van der Waals surface area contributed by atoms with Crippen LogP contribution in [0.25, 0.3) is 0 Å². The van der Waals surface area contributed by atoms with Crippen LogP contribution in [0.5, 0.6) is 0 Å². The summed E-state index contributed by atoms with van der Waals surface area (Å²) in [7, 11) is 0. The number of aromatic carboxylic acids is 1. The molecule has 0 aliphatic carbocycles. The molecular weight excluding hydrogens is 252 g/mol. The minimum Gasteiger partial charge on any atom is -0.476 e. The number of hydrogen-bond acceptors (Lipinski definition) is 6. The van der Waals surface area contributed by atoms with E-state index in [1.807, 2.05) is 6.92 Å². The number of carbonyl (C=O) groups is 3. The predicted molar refractivity (Wildman–Crippen MR) is 63.6 cm³/mol. The zero-order valence-electron chi connectivity index (χ0n) is 10.2. The highest BCUT2D eigenvalue weighted by atomic mass is 16.4. The van der Waals surface area contributed by atoms with Crippen LogP contribution in [0.2, 0.25) is 0 Å². The van der Waals surface area contributed by atoms with Crippen LogP contribution in [0, 0.1) is 0 Å². The molecule has 1 aromatic heterocycles. The van der Waals surface area contributed by atoms with Crippen molar-refractivity contribution in [3.05, 3.63) is 17.8 Å². The van der Waals surface area contributed by atoms with E-state index >= 15 is 0 Å². The van der Waals surface area contributed by atoms with Crippen molar-refractivity contribution >= 4 is 23.6 Å². The largest absolute Gasteiger partial charge is 0.476 e. The lowest BCUT2D eigenvalue weighted by Crippen LogP contribution is -2.58. The Balaban J connectivity index is 2.29. The Morgan fingerprint density at radius 2 is 2.21 bits per heavy atom. The highest BCUT2D eigenvalue weighted by molar-refractivity contribution is 6.04. The second kappa shape index (κ2) is 5.01. The Morgan fingerprint density at radius 1 is 1.47 bits per heavy atom. The third-order valence-electron chi connectivity index (χ3n) is 2.81. The Kier molecular flexibility index (Phi) is 3.41. The molecule has 1 atom stereocenters. The molecule has 1 aliphatic heterocycles. The molecule has 2 N–H and O–H groups in total. The van der Waals surface area contributed by atoms with Crippen LogP contribution in [0.4, 0.5) is 5.82 Å². The van der Waals surface area contributed by atoms with E-state index in [1.54, 1.807) is 0 Å². The molecule has 8 heteroatoms. The summed E-state index contributed by atoms with van der Waals surface area (Å²) in [5.41, 5.74) is -0.190. The minimum atomic E-state index is -1.18. The van der Waals surface area contributed by atoms with E-state index in [1.165, 1.54) is 17.0 Å². The van der Waals surface area contributed by atoms with Gasteiger partial charge < -0.3 is 10.0 Å². The summed E-state index contributed by atoms with van der Waals surface area (Å²) in [6.45, 7) is 1.80. The third-order valence-corrected chi connectivity index (χ3v) is 2.81. The summed E-state index contributed by atoms with van der Waals surface area (Å²) >= 11 is 0. The normalized spacial score (nSPS) is 19.2. The summed E-state index contributed by atoms with van der Waals surface area (Å²) in [5, 5.41) is 18.3. The second-order valence-electron chi connectivity index (χ2n) is 4.05. The summed E-state index contributed by atoms with van der Waals surface area (Å²) in [4.78, 5) is 35.2. The fourth-order valence-corrected chi connectivity index (χ4v) is 1.91. The zero-order chi connectivity index (χ0) is 14.0. The topological polar surface area (TPSA) is 112 Å². The van der Waals surface area contributed by atoms with Gasteiger partial charge in [-0.2, -0.15) is 0 Å². The summed E-state index contributed by atoms with van der Waals surface area (Å²) < 4.78 is 0. The number of imide groups is 1. The van der Waals surface area contributed by atoms with Crippen LogP contribution in [0.3, 0.4) is 0 Å². The maximum Gasteiger partial charge on any atom is 0.356 e. The van der Waals surface area contributed by atoms with Gasteiger partial charge in [-0.25, -0.2) is 4.79 Å². The van der Waals surface area contributed by atoms with E-state index < -0.39 is 17.9 Å². The zero-order valence-corrected chi connectivity index (χ0v) is 10.2. The van der Waals surface area contributed by atoms with Gasteiger partial charge >= 0.3 is 5.97 Å². The lowest BCUT2D eigenvalue weighted by molar-refractivity contribution is -0.132. The maximum absolute atomic E-state index is 11.7. The standard InChI is InChI=1S/C11H12N4O4/c1-2-7-10(17)12-9(16)5-15(7)8-4-3-6(11(18)19)13-14-8/h3-4,7H,2,5H2,1H3,(H,18,19)(H,12,16,17). The van der Waals surface area contributed by atoms with Crippen molar-refractivity contribution in [2.45, 2.75) is 19.4 Å². The molecule has 2 rings (SSSR count). The van der Waals surface area contributed by atoms with Gasteiger partial charge in [0, 0.05) is 0 Å². The Hall–Kier alpha value is -2.51. The summed E-state index contributed by atoms with van der Waals surface area (Å²) in [6, 6.07) is 2.21. The molecular formula is C11H12N4O4. The third kappa shape index (κ3) is 2.51. The van der Waals surface area contributed by atoms with E-state index in [0.717, 1.165) is 0 Å². The molecule has 0 aromatic carbocycles. The number of rotatable bonds is 3. The van der Waals surface area contributed by atoms with Crippen LogP contribution in [0.15, 0.2) is 12.1 Å². The van der Waals surface area contributed by atoms with Gasteiger partial charge in [0.2, 0.25) is 11.8 Å². The van der Waals surface area contributed by atoms with E-state index in [2.05, 4.69) is 15.5 Å². The van der Waals surface area contributed by atoms with E-state index in [4.69, 9.17) is 5.11 Å². The van der Waals surface area contributed by atoms with Crippen molar-refractivity contribution < 1.29 is 19.5 Å².